The van der Waals surface area contributed by atoms with Crippen molar-refractivity contribution in [3.63, 3.8) is 0 Å². The number of nitriles is 1. The first kappa shape index (κ1) is 13.3. The number of nitrogen functional groups attached to an aromatic ring is 1. The summed E-state index contributed by atoms with van der Waals surface area (Å²) < 4.78 is 0. The van der Waals surface area contributed by atoms with Crippen molar-refractivity contribution >= 4 is 11.8 Å². The quantitative estimate of drug-likeness (QED) is 0.871. The molecular weight excluding hydrogens is 264 g/mol. The molecular formula is C15H16N6. The second-order valence-electron chi connectivity index (χ2n) is 5.05. The lowest BCUT2D eigenvalue weighted by atomic mass is 10.1. The molecule has 1 aromatic carbocycles. The highest BCUT2D eigenvalue weighted by Crippen LogP contribution is 2.25. The summed E-state index contributed by atoms with van der Waals surface area (Å²) in [5.74, 6) is 1.10. The zero-order valence-corrected chi connectivity index (χ0v) is 11.7. The Morgan fingerprint density at radius 2 is 2.00 bits per heavy atom. The van der Waals surface area contributed by atoms with E-state index in [1.54, 1.807) is 12.1 Å². The van der Waals surface area contributed by atoms with Gasteiger partial charge in [0.15, 0.2) is 0 Å². The van der Waals surface area contributed by atoms with Gasteiger partial charge < -0.3 is 16.0 Å². The summed E-state index contributed by atoms with van der Waals surface area (Å²) in [6, 6.07) is 11.8. The van der Waals surface area contributed by atoms with Gasteiger partial charge in [-0.15, -0.1) is 0 Å². The second kappa shape index (κ2) is 5.38. The van der Waals surface area contributed by atoms with Crippen molar-refractivity contribution in [2.75, 3.05) is 30.8 Å². The van der Waals surface area contributed by atoms with Crippen LogP contribution in [0.25, 0.3) is 11.3 Å². The highest BCUT2D eigenvalue weighted by Gasteiger charge is 2.26. The molecule has 0 aliphatic carbocycles. The molecule has 1 fully saturated rings. The number of hydrogen-bond donors (Lipinski definition) is 2. The van der Waals surface area contributed by atoms with Crippen LogP contribution in [0.4, 0.5) is 11.8 Å². The van der Waals surface area contributed by atoms with Gasteiger partial charge in [0.2, 0.25) is 5.95 Å². The van der Waals surface area contributed by atoms with Gasteiger partial charge in [0.05, 0.1) is 17.3 Å². The van der Waals surface area contributed by atoms with E-state index in [9.17, 15) is 0 Å². The molecule has 1 aliphatic rings. The lowest BCUT2D eigenvalue weighted by Crippen LogP contribution is -2.57. The summed E-state index contributed by atoms with van der Waals surface area (Å²) in [7, 11) is 1.96. The fraction of sp³-hybridized carbons (Fsp3) is 0.267. The molecule has 106 valence electrons. The standard InChI is InChI=1S/C15H16N6/c1-18-12-8-21(9-12)14-6-13(19-15(17)20-14)11-4-2-10(7-16)3-5-11/h2-6,12,18H,8-9H2,1H3,(H2,17,19,20). The van der Waals surface area contributed by atoms with Gasteiger partial charge in [-0.1, -0.05) is 12.1 Å². The van der Waals surface area contributed by atoms with Gasteiger partial charge in [-0.05, 0) is 19.2 Å². The lowest BCUT2D eigenvalue weighted by molar-refractivity contribution is 0.447. The number of aromatic nitrogens is 2. The van der Waals surface area contributed by atoms with Crippen LogP contribution in [0, 0.1) is 11.3 Å². The minimum Gasteiger partial charge on any atom is -0.368 e. The molecule has 1 saturated heterocycles. The van der Waals surface area contributed by atoms with Crippen molar-refractivity contribution < 1.29 is 0 Å². The summed E-state index contributed by atoms with van der Waals surface area (Å²) in [6.45, 7) is 1.83. The van der Waals surface area contributed by atoms with E-state index >= 15 is 0 Å². The van der Waals surface area contributed by atoms with Crippen molar-refractivity contribution in [2.45, 2.75) is 6.04 Å². The molecule has 1 aromatic heterocycles. The SMILES string of the molecule is CNC1CN(c2cc(-c3ccc(C#N)cc3)nc(N)n2)C1. The molecule has 2 heterocycles. The Kier molecular flexibility index (Phi) is 3.42. The molecule has 3 N–H and O–H groups in total. The molecule has 3 rings (SSSR count). The highest BCUT2D eigenvalue weighted by atomic mass is 15.3. The van der Waals surface area contributed by atoms with Gasteiger partial charge in [0.25, 0.3) is 0 Å². The molecule has 0 saturated carbocycles. The molecule has 0 unspecified atom stereocenters. The van der Waals surface area contributed by atoms with Crippen molar-refractivity contribution in [1.29, 1.82) is 5.26 Å². The number of benzene rings is 1. The zero-order chi connectivity index (χ0) is 14.8. The topological polar surface area (TPSA) is 90.9 Å². The number of rotatable bonds is 3. The number of anilines is 2. The predicted octanol–water partition coefficient (Wildman–Crippen LogP) is 1.01. The normalized spacial score (nSPS) is 14.6. The van der Waals surface area contributed by atoms with Crippen LogP contribution in [0.1, 0.15) is 5.56 Å². The Bertz CT molecular complexity index is 682. The van der Waals surface area contributed by atoms with Gasteiger partial charge in [-0.2, -0.15) is 10.2 Å². The van der Waals surface area contributed by atoms with Crippen molar-refractivity contribution in [2.24, 2.45) is 0 Å². The molecule has 0 atom stereocenters. The van der Waals surface area contributed by atoms with E-state index < -0.39 is 0 Å². The van der Waals surface area contributed by atoms with Gasteiger partial charge in [0, 0.05) is 30.8 Å². The van der Waals surface area contributed by atoms with Gasteiger partial charge in [0.1, 0.15) is 5.82 Å². The molecule has 6 heteroatoms. The maximum Gasteiger partial charge on any atom is 0.222 e. The number of hydrogen-bond acceptors (Lipinski definition) is 6. The van der Waals surface area contributed by atoms with Crippen LogP contribution in [0.2, 0.25) is 0 Å². The Hall–Kier alpha value is -2.65. The summed E-state index contributed by atoms with van der Waals surface area (Å²) in [4.78, 5) is 10.7. The summed E-state index contributed by atoms with van der Waals surface area (Å²) in [5, 5.41) is 12.1. The van der Waals surface area contributed by atoms with E-state index in [0.29, 0.717) is 11.6 Å². The first-order chi connectivity index (χ1) is 10.2. The largest absolute Gasteiger partial charge is 0.368 e. The molecule has 6 nitrogen and oxygen atoms in total. The number of likely N-dealkylation sites (N-methyl/N-ethyl adjacent to an activating group) is 1. The monoisotopic (exact) mass is 280 g/mol. The third kappa shape index (κ3) is 2.64. The Morgan fingerprint density at radius 3 is 2.62 bits per heavy atom. The number of nitrogens with one attached hydrogen (secondary N) is 1. The number of nitrogens with zero attached hydrogens (tertiary/aromatic N) is 4. The summed E-state index contributed by atoms with van der Waals surface area (Å²) in [6.07, 6.45) is 0. The smallest absolute Gasteiger partial charge is 0.222 e. The first-order valence-corrected chi connectivity index (χ1v) is 6.77. The summed E-state index contributed by atoms with van der Waals surface area (Å²) >= 11 is 0. The summed E-state index contributed by atoms with van der Waals surface area (Å²) in [5.41, 5.74) is 8.14. The van der Waals surface area contributed by atoms with Crippen molar-refractivity contribution in [1.82, 2.24) is 15.3 Å². The fourth-order valence-electron chi connectivity index (χ4n) is 2.33. The van der Waals surface area contributed by atoms with Crippen molar-refractivity contribution in [3.8, 4) is 17.3 Å². The van der Waals surface area contributed by atoms with Crippen LogP contribution in [-0.4, -0.2) is 36.1 Å². The third-order valence-corrected chi connectivity index (χ3v) is 3.65. The molecule has 0 amide bonds. The molecule has 1 aliphatic heterocycles. The maximum absolute atomic E-state index is 8.84. The van der Waals surface area contributed by atoms with E-state index in [0.717, 1.165) is 30.2 Å². The first-order valence-electron chi connectivity index (χ1n) is 6.77. The average Bonchev–Trinajstić information content (AvgIpc) is 2.46. The van der Waals surface area contributed by atoms with E-state index in [1.807, 2.05) is 25.2 Å². The Labute approximate surface area is 123 Å². The van der Waals surface area contributed by atoms with Crippen molar-refractivity contribution in [3.05, 3.63) is 35.9 Å². The van der Waals surface area contributed by atoms with Gasteiger partial charge in [-0.3, -0.25) is 0 Å². The maximum atomic E-state index is 8.84. The lowest BCUT2D eigenvalue weighted by Gasteiger charge is -2.40. The van der Waals surface area contributed by atoms with Crippen LogP contribution in [-0.2, 0) is 0 Å². The van der Waals surface area contributed by atoms with Crippen LogP contribution >= 0.6 is 0 Å². The van der Waals surface area contributed by atoms with E-state index in [1.165, 1.54) is 0 Å². The minimum atomic E-state index is 0.264. The van der Waals surface area contributed by atoms with Crippen LogP contribution in [0.5, 0.6) is 0 Å². The average molecular weight is 280 g/mol. The third-order valence-electron chi connectivity index (χ3n) is 3.65. The van der Waals surface area contributed by atoms with E-state index in [2.05, 4.69) is 26.3 Å². The zero-order valence-electron chi connectivity index (χ0n) is 11.7. The predicted molar refractivity (Wildman–Crippen MR) is 81.7 cm³/mol. The molecule has 21 heavy (non-hydrogen) atoms. The Morgan fingerprint density at radius 1 is 1.29 bits per heavy atom. The number of nitrogens with two attached hydrogens (primary N) is 1. The van der Waals surface area contributed by atoms with Gasteiger partial charge >= 0.3 is 0 Å². The molecule has 0 spiro atoms. The van der Waals surface area contributed by atoms with Gasteiger partial charge in [-0.25, -0.2) is 4.98 Å². The minimum absolute atomic E-state index is 0.264. The molecule has 2 aromatic rings. The van der Waals surface area contributed by atoms with E-state index in [-0.39, 0.29) is 5.95 Å². The van der Waals surface area contributed by atoms with Crippen LogP contribution in [0.3, 0.4) is 0 Å². The fourth-order valence-corrected chi connectivity index (χ4v) is 2.33. The molecule has 0 radical (unpaired) electrons. The Balaban J connectivity index is 1.89. The molecule has 0 bridgehead atoms. The van der Waals surface area contributed by atoms with E-state index in [4.69, 9.17) is 11.0 Å². The second-order valence-corrected chi connectivity index (χ2v) is 5.05. The van der Waals surface area contributed by atoms with Crippen LogP contribution < -0.4 is 16.0 Å². The highest BCUT2D eigenvalue weighted by molar-refractivity contribution is 5.65. The van der Waals surface area contributed by atoms with Crippen LogP contribution in [0.15, 0.2) is 30.3 Å².